The van der Waals surface area contributed by atoms with Gasteiger partial charge in [0.15, 0.2) is 0 Å². The van der Waals surface area contributed by atoms with E-state index in [-0.39, 0.29) is 12.3 Å². The minimum Gasteiger partial charge on any atom is -0.493 e. The highest BCUT2D eigenvalue weighted by atomic mass is 16.5. The van der Waals surface area contributed by atoms with Crippen LogP contribution in [0.1, 0.15) is 22.8 Å². The second-order valence-corrected chi connectivity index (χ2v) is 5.65. The Morgan fingerprint density at radius 3 is 2.64 bits per heavy atom. The summed E-state index contributed by atoms with van der Waals surface area (Å²) >= 11 is 0. The quantitative estimate of drug-likeness (QED) is 0.910. The average Bonchev–Trinajstić information content (AvgIpc) is 2.50. The maximum Gasteiger partial charge on any atom is 0.307 e. The van der Waals surface area contributed by atoms with Crippen molar-refractivity contribution >= 4 is 5.97 Å². The van der Waals surface area contributed by atoms with Gasteiger partial charge in [0.05, 0.1) is 19.1 Å². The number of aliphatic hydroxyl groups excluding tert-OH is 1. The molecule has 1 heterocycles. The van der Waals surface area contributed by atoms with Crippen molar-refractivity contribution in [1.82, 2.24) is 0 Å². The van der Waals surface area contributed by atoms with Gasteiger partial charge in [0, 0.05) is 11.5 Å². The maximum atomic E-state index is 10.8. The fraction of sp³-hybridized carbons (Fsp3) is 0.278. The molecule has 1 aliphatic rings. The molecule has 0 amide bonds. The van der Waals surface area contributed by atoms with Gasteiger partial charge in [-0.25, -0.2) is 0 Å². The molecule has 0 aromatic heterocycles. The number of hydrogen-bond acceptors (Lipinski definition) is 3. The average molecular weight is 298 g/mol. The van der Waals surface area contributed by atoms with Gasteiger partial charge in [-0.05, 0) is 23.6 Å². The summed E-state index contributed by atoms with van der Waals surface area (Å²) < 4.78 is 5.75. The highest BCUT2D eigenvalue weighted by Crippen LogP contribution is 2.37. The van der Waals surface area contributed by atoms with Crippen LogP contribution in [-0.2, 0) is 17.6 Å². The van der Waals surface area contributed by atoms with Crippen LogP contribution >= 0.6 is 0 Å². The standard InChI is InChI=1S/C18H18O4/c19-17(20)10-13-6-7-15-16(9-13)22-11-14(18(15)21)8-12-4-2-1-3-5-12/h1-7,9,14,18,21H,8,10-11H2,(H,19,20)/t14-,18-/m1/s1. The lowest BCUT2D eigenvalue weighted by molar-refractivity contribution is -0.136. The minimum atomic E-state index is -0.877. The molecule has 2 aromatic rings. The van der Waals surface area contributed by atoms with E-state index in [4.69, 9.17) is 9.84 Å². The summed E-state index contributed by atoms with van der Waals surface area (Å²) in [6.07, 6.45) is 0.112. The number of aliphatic hydroxyl groups is 1. The number of hydrogen-bond donors (Lipinski definition) is 2. The summed E-state index contributed by atoms with van der Waals surface area (Å²) in [7, 11) is 0. The van der Waals surface area contributed by atoms with Gasteiger partial charge in [0.2, 0.25) is 0 Å². The molecule has 0 unspecified atom stereocenters. The van der Waals surface area contributed by atoms with Crippen molar-refractivity contribution in [2.75, 3.05) is 6.61 Å². The van der Waals surface area contributed by atoms with Gasteiger partial charge in [-0.15, -0.1) is 0 Å². The van der Waals surface area contributed by atoms with Crippen molar-refractivity contribution in [1.29, 1.82) is 0 Å². The van der Waals surface area contributed by atoms with Crippen molar-refractivity contribution in [3.05, 3.63) is 65.2 Å². The van der Waals surface area contributed by atoms with Crippen LogP contribution in [0.2, 0.25) is 0 Å². The van der Waals surface area contributed by atoms with Crippen LogP contribution in [0.25, 0.3) is 0 Å². The first kappa shape index (κ1) is 14.6. The zero-order chi connectivity index (χ0) is 15.5. The molecule has 2 aromatic carbocycles. The van der Waals surface area contributed by atoms with E-state index >= 15 is 0 Å². The Kier molecular flexibility index (Phi) is 4.11. The molecular formula is C18H18O4. The van der Waals surface area contributed by atoms with E-state index in [1.54, 1.807) is 18.2 Å². The monoisotopic (exact) mass is 298 g/mol. The van der Waals surface area contributed by atoms with Crippen LogP contribution in [0, 0.1) is 5.92 Å². The summed E-state index contributed by atoms with van der Waals surface area (Å²) in [5.41, 5.74) is 2.59. The smallest absolute Gasteiger partial charge is 0.307 e. The predicted octanol–water partition coefficient (Wildman–Crippen LogP) is 2.60. The zero-order valence-electron chi connectivity index (χ0n) is 12.1. The highest BCUT2D eigenvalue weighted by Gasteiger charge is 2.29. The van der Waals surface area contributed by atoms with Gasteiger partial charge < -0.3 is 14.9 Å². The second kappa shape index (κ2) is 6.20. The summed E-state index contributed by atoms with van der Waals surface area (Å²) in [6.45, 7) is 0.430. The molecule has 0 fully saturated rings. The SMILES string of the molecule is O=C(O)Cc1ccc2c(c1)OC[C@@H](Cc1ccccc1)[C@H]2O. The maximum absolute atomic E-state index is 10.8. The molecule has 2 atom stereocenters. The number of benzene rings is 2. The first-order valence-corrected chi connectivity index (χ1v) is 7.33. The van der Waals surface area contributed by atoms with Crippen molar-refractivity contribution in [3.63, 3.8) is 0 Å². The number of carboxylic acid groups (broad SMARTS) is 1. The zero-order valence-corrected chi connectivity index (χ0v) is 12.1. The summed E-state index contributed by atoms with van der Waals surface area (Å²) in [5, 5.41) is 19.4. The van der Waals surface area contributed by atoms with Crippen LogP contribution in [-0.4, -0.2) is 22.8 Å². The first-order valence-electron chi connectivity index (χ1n) is 7.33. The van der Waals surface area contributed by atoms with Gasteiger partial charge in [-0.3, -0.25) is 4.79 Å². The van der Waals surface area contributed by atoms with Crippen molar-refractivity contribution in [2.45, 2.75) is 18.9 Å². The molecule has 114 valence electrons. The van der Waals surface area contributed by atoms with E-state index in [9.17, 15) is 9.90 Å². The molecule has 3 rings (SSSR count). The Morgan fingerprint density at radius 2 is 1.91 bits per heavy atom. The second-order valence-electron chi connectivity index (χ2n) is 5.65. The Labute approximate surface area is 129 Å². The van der Waals surface area contributed by atoms with E-state index in [0.29, 0.717) is 17.9 Å². The molecule has 2 N–H and O–H groups in total. The number of carbonyl (C=O) groups is 1. The Balaban J connectivity index is 1.77. The molecule has 4 heteroatoms. The van der Waals surface area contributed by atoms with E-state index in [0.717, 1.165) is 12.0 Å². The Morgan fingerprint density at radius 1 is 1.14 bits per heavy atom. The van der Waals surface area contributed by atoms with E-state index in [1.165, 1.54) is 5.56 Å². The van der Waals surface area contributed by atoms with Crippen LogP contribution in [0.4, 0.5) is 0 Å². The van der Waals surface area contributed by atoms with Crippen molar-refractivity contribution in [2.24, 2.45) is 5.92 Å². The van der Waals surface area contributed by atoms with E-state index in [1.807, 2.05) is 30.3 Å². The van der Waals surface area contributed by atoms with Crippen molar-refractivity contribution in [3.8, 4) is 5.75 Å². The Bertz CT molecular complexity index is 666. The fourth-order valence-corrected chi connectivity index (χ4v) is 2.86. The topological polar surface area (TPSA) is 66.8 Å². The van der Waals surface area contributed by atoms with Crippen LogP contribution in [0.3, 0.4) is 0 Å². The lowest BCUT2D eigenvalue weighted by Gasteiger charge is -2.30. The number of ether oxygens (including phenoxy) is 1. The lowest BCUT2D eigenvalue weighted by atomic mass is 9.87. The van der Waals surface area contributed by atoms with Gasteiger partial charge in [0.1, 0.15) is 5.75 Å². The fourth-order valence-electron chi connectivity index (χ4n) is 2.86. The third kappa shape index (κ3) is 3.12. The third-order valence-electron chi connectivity index (χ3n) is 3.99. The molecule has 0 spiro atoms. The normalized spacial score (nSPS) is 20.0. The van der Waals surface area contributed by atoms with Gasteiger partial charge in [-0.1, -0.05) is 42.5 Å². The van der Waals surface area contributed by atoms with Crippen molar-refractivity contribution < 1.29 is 19.7 Å². The molecule has 1 aliphatic heterocycles. The molecule has 4 nitrogen and oxygen atoms in total. The van der Waals surface area contributed by atoms with Gasteiger partial charge in [0.25, 0.3) is 0 Å². The minimum absolute atomic E-state index is 0.000207. The Hall–Kier alpha value is -2.33. The number of rotatable bonds is 4. The summed E-state index contributed by atoms with van der Waals surface area (Å²) in [4.78, 5) is 10.8. The summed E-state index contributed by atoms with van der Waals surface area (Å²) in [5.74, 6) is -0.283. The number of aliphatic carboxylic acids is 1. The first-order chi connectivity index (χ1) is 10.6. The molecule has 0 bridgehead atoms. The lowest BCUT2D eigenvalue weighted by Crippen LogP contribution is -2.27. The molecule has 0 aliphatic carbocycles. The van der Waals surface area contributed by atoms with E-state index in [2.05, 4.69) is 0 Å². The molecule has 22 heavy (non-hydrogen) atoms. The summed E-state index contributed by atoms with van der Waals surface area (Å²) in [6, 6.07) is 15.2. The third-order valence-corrected chi connectivity index (χ3v) is 3.99. The van der Waals surface area contributed by atoms with Crippen LogP contribution in [0.15, 0.2) is 48.5 Å². The molecule has 0 saturated carbocycles. The molecule has 0 radical (unpaired) electrons. The number of carboxylic acids is 1. The van der Waals surface area contributed by atoms with E-state index < -0.39 is 12.1 Å². The largest absolute Gasteiger partial charge is 0.493 e. The van der Waals surface area contributed by atoms with Gasteiger partial charge >= 0.3 is 5.97 Å². The van der Waals surface area contributed by atoms with Crippen LogP contribution < -0.4 is 4.74 Å². The van der Waals surface area contributed by atoms with Gasteiger partial charge in [-0.2, -0.15) is 0 Å². The number of fused-ring (bicyclic) bond motifs is 1. The predicted molar refractivity (Wildman–Crippen MR) is 81.9 cm³/mol. The highest BCUT2D eigenvalue weighted by molar-refractivity contribution is 5.70. The molecule has 0 saturated heterocycles. The van der Waals surface area contributed by atoms with Crippen LogP contribution in [0.5, 0.6) is 5.75 Å². The molecular weight excluding hydrogens is 280 g/mol.